The molecule has 21 heavy (non-hydrogen) atoms. The van der Waals surface area contributed by atoms with Crippen molar-refractivity contribution >= 4 is 29.2 Å². The fourth-order valence-electron chi connectivity index (χ4n) is 2.87. The van der Waals surface area contributed by atoms with Crippen molar-refractivity contribution in [2.45, 2.75) is 29.9 Å². The van der Waals surface area contributed by atoms with Crippen LogP contribution in [0.3, 0.4) is 0 Å². The Balaban J connectivity index is 1.53. The Morgan fingerprint density at radius 3 is 2.95 bits per heavy atom. The Labute approximate surface area is 132 Å². The van der Waals surface area contributed by atoms with Gasteiger partial charge < -0.3 is 9.84 Å². The van der Waals surface area contributed by atoms with Gasteiger partial charge in [-0.2, -0.15) is 16.7 Å². The summed E-state index contributed by atoms with van der Waals surface area (Å²) in [4.78, 5) is 4.67. The van der Waals surface area contributed by atoms with Crippen LogP contribution in [0.2, 0.25) is 0 Å². The second kappa shape index (κ2) is 5.57. The van der Waals surface area contributed by atoms with Gasteiger partial charge in [0.2, 0.25) is 5.89 Å². The van der Waals surface area contributed by atoms with Crippen molar-refractivity contribution in [3.05, 3.63) is 41.5 Å². The molecule has 3 atom stereocenters. The number of anilines is 1. The number of hydrogen-bond acceptors (Lipinski definition) is 6. The van der Waals surface area contributed by atoms with E-state index in [4.69, 9.17) is 4.52 Å². The number of nitrogens with one attached hydrogen (secondary N) is 1. The monoisotopic (exact) mass is 319 g/mol. The van der Waals surface area contributed by atoms with Gasteiger partial charge in [0.1, 0.15) is 6.04 Å². The summed E-state index contributed by atoms with van der Waals surface area (Å²) in [5.74, 6) is 3.94. The van der Waals surface area contributed by atoms with Crippen LogP contribution in [0.25, 0.3) is 0 Å². The van der Waals surface area contributed by atoms with E-state index in [-0.39, 0.29) is 6.04 Å². The highest BCUT2D eigenvalue weighted by molar-refractivity contribution is 8.06. The van der Waals surface area contributed by atoms with E-state index in [0.717, 1.165) is 18.0 Å². The van der Waals surface area contributed by atoms with Crippen molar-refractivity contribution in [2.24, 2.45) is 0 Å². The van der Waals surface area contributed by atoms with Gasteiger partial charge in [0, 0.05) is 28.9 Å². The van der Waals surface area contributed by atoms with E-state index in [2.05, 4.69) is 40.6 Å². The van der Waals surface area contributed by atoms with Crippen LogP contribution in [0.4, 0.5) is 5.69 Å². The molecule has 1 aromatic heterocycles. The van der Waals surface area contributed by atoms with Crippen LogP contribution in [0.1, 0.15) is 35.5 Å². The highest BCUT2D eigenvalue weighted by Crippen LogP contribution is 2.42. The van der Waals surface area contributed by atoms with Gasteiger partial charge in [-0.3, -0.25) is 0 Å². The van der Waals surface area contributed by atoms with E-state index in [1.807, 2.05) is 29.6 Å². The van der Waals surface area contributed by atoms with Gasteiger partial charge in [0.05, 0.1) is 5.25 Å². The van der Waals surface area contributed by atoms with Crippen LogP contribution < -0.4 is 5.32 Å². The Kier molecular flexibility index (Phi) is 3.59. The number of nitrogens with zero attached hydrogens (tertiary/aromatic N) is 2. The standard InChI is InChI=1S/C15H17N3OS2/c1-9-13(21-7-6-20-9)14-17-15(19-18-14)12-8-10-4-2-3-5-11(10)16-12/h2-5,9,12-13,16H,6-8H2,1H3/t9?,12-,13?/m0/s1. The molecular weight excluding hydrogens is 302 g/mol. The van der Waals surface area contributed by atoms with E-state index in [1.54, 1.807) is 0 Å². The average Bonchev–Trinajstić information content (AvgIpc) is 3.14. The maximum Gasteiger partial charge on any atom is 0.249 e. The van der Waals surface area contributed by atoms with Crippen molar-refractivity contribution in [3.8, 4) is 0 Å². The summed E-state index contributed by atoms with van der Waals surface area (Å²) in [5, 5.41) is 8.60. The first-order valence-corrected chi connectivity index (χ1v) is 9.32. The molecule has 0 aliphatic carbocycles. The molecule has 1 saturated heterocycles. The fourth-order valence-corrected chi connectivity index (χ4v) is 5.55. The number of rotatable bonds is 2. The van der Waals surface area contributed by atoms with Gasteiger partial charge in [-0.25, -0.2) is 0 Å². The number of aromatic nitrogens is 2. The van der Waals surface area contributed by atoms with E-state index in [9.17, 15) is 0 Å². The predicted molar refractivity (Wildman–Crippen MR) is 87.9 cm³/mol. The molecule has 4 nitrogen and oxygen atoms in total. The summed E-state index contributed by atoms with van der Waals surface area (Å²) < 4.78 is 5.54. The highest BCUT2D eigenvalue weighted by Gasteiger charge is 2.31. The molecule has 0 radical (unpaired) electrons. The molecule has 0 bridgehead atoms. The molecule has 2 unspecified atom stereocenters. The predicted octanol–water partition coefficient (Wildman–Crippen LogP) is 3.69. The second-order valence-electron chi connectivity index (χ2n) is 5.42. The first-order chi connectivity index (χ1) is 10.3. The van der Waals surface area contributed by atoms with E-state index in [0.29, 0.717) is 16.4 Å². The topological polar surface area (TPSA) is 51.0 Å². The number of benzene rings is 1. The van der Waals surface area contributed by atoms with Crippen molar-refractivity contribution in [3.63, 3.8) is 0 Å². The molecule has 1 N–H and O–H groups in total. The van der Waals surface area contributed by atoms with E-state index >= 15 is 0 Å². The van der Waals surface area contributed by atoms with Crippen LogP contribution in [0.15, 0.2) is 28.8 Å². The minimum absolute atomic E-state index is 0.111. The largest absolute Gasteiger partial charge is 0.373 e. The Hall–Kier alpha value is -1.14. The fraction of sp³-hybridized carbons (Fsp3) is 0.467. The average molecular weight is 319 g/mol. The molecule has 0 amide bonds. The van der Waals surface area contributed by atoms with Crippen molar-refractivity contribution in [2.75, 3.05) is 16.8 Å². The zero-order chi connectivity index (χ0) is 14.2. The Bertz CT molecular complexity index is 620. The second-order valence-corrected chi connectivity index (χ2v) is 8.15. The molecule has 1 aromatic carbocycles. The zero-order valence-electron chi connectivity index (χ0n) is 11.8. The van der Waals surface area contributed by atoms with Crippen LogP contribution in [0.5, 0.6) is 0 Å². The van der Waals surface area contributed by atoms with Gasteiger partial charge >= 0.3 is 0 Å². The maximum absolute atomic E-state index is 5.54. The molecule has 6 heteroatoms. The van der Waals surface area contributed by atoms with Crippen molar-refractivity contribution < 1.29 is 4.52 Å². The van der Waals surface area contributed by atoms with Crippen LogP contribution in [-0.4, -0.2) is 26.9 Å². The molecule has 2 aliphatic rings. The molecule has 4 rings (SSSR count). The third-order valence-electron chi connectivity index (χ3n) is 3.97. The molecule has 2 aliphatic heterocycles. The number of fused-ring (bicyclic) bond motifs is 1. The first kappa shape index (κ1) is 13.5. The third kappa shape index (κ3) is 2.55. The SMILES string of the molecule is CC1SCCSC1c1noc([C@@H]2Cc3ccccc3N2)n1. The van der Waals surface area contributed by atoms with Crippen molar-refractivity contribution in [1.29, 1.82) is 0 Å². The van der Waals surface area contributed by atoms with E-state index < -0.39 is 0 Å². The van der Waals surface area contributed by atoms with Gasteiger partial charge in [0.25, 0.3) is 0 Å². The molecule has 2 aromatic rings. The van der Waals surface area contributed by atoms with Crippen LogP contribution in [-0.2, 0) is 6.42 Å². The zero-order valence-corrected chi connectivity index (χ0v) is 13.4. The highest BCUT2D eigenvalue weighted by atomic mass is 32.2. The molecular formula is C15H17N3OS2. The Morgan fingerprint density at radius 2 is 2.10 bits per heavy atom. The number of hydrogen-bond donors (Lipinski definition) is 1. The molecule has 1 fully saturated rings. The minimum atomic E-state index is 0.111. The molecule has 3 heterocycles. The molecule has 110 valence electrons. The van der Waals surface area contributed by atoms with Crippen molar-refractivity contribution in [1.82, 2.24) is 10.1 Å². The lowest BCUT2D eigenvalue weighted by Gasteiger charge is -2.24. The lowest BCUT2D eigenvalue weighted by molar-refractivity contribution is 0.359. The normalized spacial score (nSPS) is 28.1. The smallest absolute Gasteiger partial charge is 0.249 e. The Morgan fingerprint density at radius 1 is 1.24 bits per heavy atom. The maximum atomic E-state index is 5.54. The summed E-state index contributed by atoms with van der Waals surface area (Å²) in [6, 6.07) is 8.47. The van der Waals surface area contributed by atoms with Gasteiger partial charge in [-0.15, -0.1) is 11.8 Å². The third-order valence-corrected chi connectivity index (χ3v) is 7.06. The van der Waals surface area contributed by atoms with E-state index in [1.165, 1.54) is 17.0 Å². The van der Waals surface area contributed by atoms with Crippen LogP contribution >= 0.6 is 23.5 Å². The van der Waals surface area contributed by atoms with Gasteiger partial charge in [0.15, 0.2) is 5.82 Å². The summed E-state index contributed by atoms with van der Waals surface area (Å²) >= 11 is 3.94. The molecule has 0 saturated carbocycles. The first-order valence-electron chi connectivity index (χ1n) is 7.22. The van der Waals surface area contributed by atoms with Crippen LogP contribution in [0, 0.1) is 0 Å². The lowest BCUT2D eigenvalue weighted by atomic mass is 10.1. The molecule has 0 spiro atoms. The summed E-state index contributed by atoms with van der Waals surface area (Å²) in [6.07, 6.45) is 0.917. The minimum Gasteiger partial charge on any atom is -0.373 e. The quantitative estimate of drug-likeness (QED) is 0.911. The number of thioether (sulfide) groups is 2. The summed E-state index contributed by atoms with van der Waals surface area (Å²) in [7, 11) is 0. The summed E-state index contributed by atoms with van der Waals surface area (Å²) in [6.45, 7) is 2.25. The summed E-state index contributed by atoms with van der Waals surface area (Å²) in [5.41, 5.74) is 2.50. The van der Waals surface area contributed by atoms with Gasteiger partial charge in [-0.05, 0) is 11.6 Å². The number of para-hydroxylation sites is 1. The lowest BCUT2D eigenvalue weighted by Crippen LogP contribution is -2.17. The van der Waals surface area contributed by atoms with Gasteiger partial charge in [-0.1, -0.05) is 30.3 Å².